The maximum absolute atomic E-state index is 12.4. The average Bonchev–Trinajstić information content (AvgIpc) is 2.24. The zero-order valence-electron chi connectivity index (χ0n) is 11.8. The van der Waals surface area contributed by atoms with Crippen molar-refractivity contribution in [2.45, 2.75) is 77.6 Å². The third-order valence-electron chi connectivity index (χ3n) is 3.81. The molecule has 0 aromatic carbocycles. The summed E-state index contributed by atoms with van der Waals surface area (Å²) in [6, 6.07) is 0.832. The molecule has 0 aromatic rings. The lowest BCUT2D eigenvalue weighted by Gasteiger charge is -2.39. The lowest BCUT2D eigenvalue weighted by molar-refractivity contribution is -0.145. The average molecular weight is 265 g/mol. The Bertz CT molecular complexity index is 232. The van der Waals surface area contributed by atoms with E-state index in [1.807, 2.05) is 0 Å². The van der Waals surface area contributed by atoms with Gasteiger partial charge in [-0.15, -0.1) is 0 Å². The monoisotopic (exact) mass is 265 g/mol. The summed E-state index contributed by atoms with van der Waals surface area (Å²) >= 11 is 0. The Kier molecular flexibility index (Phi) is 5.96. The molecule has 0 spiro atoms. The summed E-state index contributed by atoms with van der Waals surface area (Å²) in [5.74, 6) is -0.311. The quantitative estimate of drug-likeness (QED) is 0.701. The van der Waals surface area contributed by atoms with Crippen molar-refractivity contribution in [1.29, 1.82) is 0 Å². The summed E-state index contributed by atoms with van der Waals surface area (Å²) in [6.07, 6.45) is 1.33. The number of halogens is 3. The van der Waals surface area contributed by atoms with Gasteiger partial charge in [0.1, 0.15) is 0 Å². The van der Waals surface area contributed by atoms with Crippen molar-refractivity contribution in [3.05, 3.63) is 0 Å². The molecule has 4 heteroatoms. The van der Waals surface area contributed by atoms with E-state index in [9.17, 15) is 13.2 Å². The van der Waals surface area contributed by atoms with Gasteiger partial charge in [-0.3, -0.25) is 4.90 Å². The van der Waals surface area contributed by atoms with Crippen LogP contribution in [0.4, 0.5) is 13.2 Å². The third-order valence-corrected chi connectivity index (χ3v) is 3.81. The Hall–Kier alpha value is -0.250. The SMILES string of the molecule is CC(CN(C(C)C)C1CCCCC1)CC(F)(F)F. The minimum absolute atomic E-state index is 0.311. The molecule has 1 aliphatic carbocycles. The topological polar surface area (TPSA) is 3.24 Å². The first-order valence-electron chi connectivity index (χ1n) is 7.12. The lowest BCUT2D eigenvalue weighted by atomic mass is 9.92. The minimum atomic E-state index is -4.03. The van der Waals surface area contributed by atoms with E-state index in [1.165, 1.54) is 19.3 Å². The summed E-state index contributed by atoms with van der Waals surface area (Å²) in [5, 5.41) is 0. The van der Waals surface area contributed by atoms with Crippen LogP contribution >= 0.6 is 0 Å². The lowest BCUT2D eigenvalue weighted by Crippen LogP contribution is -2.44. The fourth-order valence-corrected chi connectivity index (χ4v) is 3.01. The normalized spacial score (nSPS) is 20.7. The summed E-state index contributed by atoms with van der Waals surface area (Å²) in [5.41, 5.74) is 0. The predicted molar refractivity (Wildman–Crippen MR) is 68.6 cm³/mol. The predicted octanol–water partition coefficient (Wildman–Crippen LogP) is 4.62. The highest BCUT2D eigenvalue weighted by atomic mass is 19.4. The zero-order valence-corrected chi connectivity index (χ0v) is 11.8. The number of rotatable bonds is 5. The van der Waals surface area contributed by atoms with E-state index >= 15 is 0 Å². The van der Waals surface area contributed by atoms with Gasteiger partial charge in [0.25, 0.3) is 0 Å². The minimum Gasteiger partial charge on any atom is -0.298 e. The Morgan fingerprint density at radius 3 is 2.06 bits per heavy atom. The van der Waals surface area contributed by atoms with Gasteiger partial charge in [0, 0.05) is 25.0 Å². The van der Waals surface area contributed by atoms with Crippen LogP contribution in [0.25, 0.3) is 0 Å². The van der Waals surface area contributed by atoms with Crippen LogP contribution < -0.4 is 0 Å². The second-order valence-electron chi connectivity index (χ2n) is 6.01. The van der Waals surface area contributed by atoms with E-state index in [0.29, 0.717) is 18.6 Å². The first-order chi connectivity index (χ1) is 8.29. The van der Waals surface area contributed by atoms with Gasteiger partial charge in [0.15, 0.2) is 0 Å². The van der Waals surface area contributed by atoms with Crippen LogP contribution in [-0.2, 0) is 0 Å². The number of hydrogen-bond acceptors (Lipinski definition) is 1. The molecule has 18 heavy (non-hydrogen) atoms. The van der Waals surface area contributed by atoms with Crippen LogP contribution in [0, 0.1) is 5.92 Å². The van der Waals surface area contributed by atoms with Crippen molar-refractivity contribution < 1.29 is 13.2 Å². The van der Waals surface area contributed by atoms with E-state index in [1.54, 1.807) is 6.92 Å². The molecule has 1 rings (SSSR count). The van der Waals surface area contributed by atoms with Gasteiger partial charge in [-0.25, -0.2) is 0 Å². The van der Waals surface area contributed by atoms with Crippen LogP contribution in [0.15, 0.2) is 0 Å². The second-order valence-corrected chi connectivity index (χ2v) is 6.01. The molecule has 1 unspecified atom stereocenters. The van der Waals surface area contributed by atoms with Crippen LogP contribution in [0.1, 0.15) is 59.3 Å². The van der Waals surface area contributed by atoms with Gasteiger partial charge in [-0.2, -0.15) is 13.2 Å². The standard InChI is InChI=1S/C14H26F3N/c1-11(2)18(13-7-5-4-6-8-13)10-12(3)9-14(15,16)17/h11-13H,4-10H2,1-3H3. The molecule has 1 aliphatic rings. The molecule has 0 radical (unpaired) electrons. The molecule has 0 aromatic heterocycles. The molecule has 0 bridgehead atoms. The summed E-state index contributed by atoms with van der Waals surface area (Å²) < 4.78 is 37.1. The highest BCUT2D eigenvalue weighted by Gasteiger charge is 2.32. The van der Waals surface area contributed by atoms with Gasteiger partial charge in [-0.1, -0.05) is 26.2 Å². The van der Waals surface area contributed by atoms with E-state index in [2.05, 4.69) is 18.7 Å². The van der Waals surface area contributed by atoms with Crippen molar-refractivity contribution in [2.24, 2.45) is 5.92 Å². The molecule has 0 saturated heterocycles. The van der Waals surface area contributed by atoms with Gasteiger partial charge in [0.2, 0.25) is 0 Å². The summed E-state index contributed by atoms with van der Waals surface area (Å²) in [4.78, 5) is 2.29. The molecule has 0 N–H and O–H groups in total. The molecule has 0 aliphatic heterocycles. The number of alkyl halides is 3. The van der Waals surface area contributed by atoms with E-state index in [4.69, 9.17) is 0 Å². The summed E-state index contributed by atoms with van der Waals surface area (Å²) in [6.45, 7) is 6.47. The molecule has 108 valence electrons. The first-order valence-corrected chi connectivity index (χ1v) is 7.12. The van der Waals surface area contributed by atoms with E-state index in [-0.39, 0.29) is 5.92 Å². The van der Waals surface area contributed by atoms with Crippen molar-refractivity contribution >= 4 is 0 Å². The molecular weight excluding hydrogens is 239 g/mol. The number of hydrogen-bond donors (Lipinski definition) is 0. The van der Waals surface area contributed by atoms with Crippen molar-refractivity contribution in [3.8, 4) is 0 Å². The van der Waals surface area contributed by atoms with Gasteiger partial charge < -0.3 is 0 Å². The first kappa shape index (κ1) is 15.8. The maximum Gasteiger partial charge on any atom is 0.389 e. The van der Waals surface area contributed by atoms with Crippen molar-refractivity contribution in [3.63, 3.8) is 0 Å². The fraction of sp³-hybridized carbons (Fsp3) is 1.00. The molecule has 0 heterocycles. The number of nitrogens with zero attached hydrogens (tertiary/aromatic N) is 1. The largest absolute Gasteiger partial charge is 0.389 e. The smallest absolute Gasteiger partial charge is 0.298 e. The molecule has 1 atom stereocenters. The Balaban J connectivity index is 2.51. The van der Waals surface area contributed by atoms with Gasteiger partial charge in [-0.05, 0) is 32.6 Å². The highest BCUT2D eigenvalue weighted by Crippen LogP contribution is 2.29. The zero-order chi connectivity index (χ0) is 13.8. The van der Waals surface area contributed by atoms with Gasteiger partial charge in [0.05, 0.1) is 0 Å². The third kappa shape index (κ3) is 5.59. The molecule has 1 saturated carbocycles. The van der Waals surface area contributed by atoms with Crippen LogP contribution in [0.2, 0.25) is 0 Å². The molecular formula is C14H26F3N. The van der Waals surface area contributed by atoms with Crippen molar-refractivity contribution in [1.82, 2.24) is 4.90 Å². The Morgan fingerprint density at radius 2 is 1.61 bits per heavy atom. The van der Waals surface area contributed by atoms with Crippen LogP contribution in [-0.4, -0.2) is 29.7 Å². The molecule has 1 nitrogen and oxygen atoms in total. The maximum atomic E-state index is 12.4. The van der Waals surface area contributed by atoms with E-state index in [0.717, 1.165) is 12.8 Å². The van der Waals surface area contributed by atoms with E-state index < -0.39 is 12.6 Å². The Morgan fingerprint density at radius 1 is 1.06 bits per heavy atom. The van der Waals surface area contributed by atoms with Gasteiger partial charge >= 0.3 is 6.18 Å². The second kappa shape index (κ2) is 6.78. The Labute approximate surface area is 109 Å². The van der Waals surface area contributed by atoms with Crippen molar-refractivity contribution in [2.75, 3.05) is 6.54 Å². The molecule has 1 fully saturated rings. The van der Waals surface area contributed by atoms with Crippen LogP contribution in [0.3, 0.4) is 0 Å². The van der Waals surface area contributed by atoms with Crippen LogP contribution in [0.5, 0.6) is 0 Å². The summed E-state index contributed by atoms with van der Waals surface area (Å²) in [7, 11) is 0. The molecule has 0 amide bonds. The highest BCUT2D eigenvalue weighted by molar-refractivity contribution is 4.80. The fourth-order valence-electron chi connectivity index (χ4n) is 3.01.